The predicted octanol–water partition coefficient (Wildman–Crippen LogP) is 0.533. The molecule has 0 saturated heterocycles. The number of ether oxygens (including phenoxy) is 2. The lowest BCUT2D eigenvalue weighted by Gasteiger charge is -2.09. The Morgan fingerprint density at radius 3 is 2.24 bits per heavy atom. The highest BCUT2D eigenvalue weighted by Gasteiger charge is 2.16. The summed E-state index contributed by atoms with van der Waals surface area (Å²) in [5, 5.41) is 0. The zero-order chi connectivity index (χ0) is 12.3. The zero-order valence-corrected chi connectivity index (χ0v) is 9.41. The van der Waals surface area contributed by atoms with Crippen LogP contribution in [-0.4, -0.2) is 34.2 Å². The van der Waals surface area contributed by atoms with Crippen LogP contribution in [0.25, 0.3) is 11.3 Å². The molecule has 0 spiro atoms. The highest BCUT2D eigenvalue weighted by atomic mass is 16.5. The largest absolute Gasteiger partial charge is 0.480 e. The predicted molar refractivity (Wildman–Crippen MR) is 60.6 cm³/mol. The van der Waals surface area contributed by atoms with E-state index in [2.05, 4.69) is 19.9 Å². The number of nitrogens with zero attached hydrogens (tertiary/aromatic N) is 4. The van der Waals surface area contributed by atoms with Crippen LogP contribution >= 0.6 is 0 Å². The van der Waals surface area contributed by atoms with E-state index in [9.17, 15) is 0 Å². The number of aromatic nitrogens is 4. The van der Waals surface area contributed by atoms with E-state index in [1.54, 1.807) is 12.3 Å². The van der Waals surface area contributed by atoms with Gasteiger partial charge in [-0.3, -0.25) is 0 Å². The Balaban J connectivity index is 2.64. The second-order valence-electron chi connectivity index (χ2n) is 3.07. The van der Waals surface area contributed by atoms with E-state index in [0.29, 0.717) is 23.0 Å². The third-order valence-electron chi connectivity index (χ3n) is 2.09. The van der Waals surface area contributed by atoms with Crippen molar-refractivity contribution in [2.24, 2.45) is 0 Å². The van der Waals surface area contributed by atoms with E-state index in [4.69, 9.17) is 15.2 Å². The van der Waals surface area contributed by atoms with Gasteiger partial charge in [0.25, 0.3) is 0 Å². The summed E-state index contributed by atoms with van der Waals surface area (Å²) >= 11 is 0. The molecule has 2 aromatic rings. The molecule has 0 unspecified atom stereocenters. The van der Waals surface area contributed by atoms with Crippen molar-refractivity contribution in [3.63, 3.8) is 0 Å². The minimum atomic E-state index is 0.162. The van der Waals surface area contributed by atoms with Gasteiger partial charge in [0, 0.05) is 6.20 Å². The number of hydrogen-bond donors (Lipinski definition) is 1. The van der Waals surface area contributed by atoms with Crippen molar-refractivity contribution in [3.05, 3.63) is 18.6 Å². The van der Waals surface area contributed by atoms with E-state index in [0.717, 1.165) is 0 Å². The molecule has 2 aromatic heterocycles. The molecule has 0 aliphatic carbocycles. The molecule has 7 heteroatoms. The summed E-state index contributed by atoms with van der Waals surface area (Å²) in [6, 6.07) is 1.68. The summed E-state index contributed by atoms with van der Waals surface area (Å²) in [7, 11) is 3.02. The molecule has 7 nitrogen and oxygen atoms in total. The van der Waals surface area contributed by atoms with Crippen LogP contribution in [0.3, 0.4) is 0 Å². The van der Waals surface area contributed by atoms with Crippen molar-refractivity contribution in [2.45, 2.75) is 0 Å². The van der Waals surface area contributed by atoms with Crippen molar-refractivity contribution in [2.75, 3.05) is 20.0 Å². The Labute approximate surface area is 97.7 Å². The van der Waals surface area contributed by atoms with Crippen LogP contribution in [0, 0.1) is 0 Å². The van der Waals surface area contributed by atoms with Crippen LogP contribution in [0.2, 0.25) is 0 Å². The fourth-order valence-electron chi connectivity index (χ4n) is 1.40. The molecular formula is C10H11N5O2. The van der Waals surface area contributed by atoms with Crippen molar-refractivity contribution in [1.29, 1.82) is 0 Å². The van der Waals surface area contributed by atoms with Crippen molar-refractivity contribution >= 4 is 5.95 Å². The van der Waals surface area contributed by atoms with Gasteiger partial charge in [-0.25, -0.2) is 19.9 Å². The number of anilines is 1. The number of methoxy groups -OCH3 is 2. The second-order valence-corrected chi connectivity index (χ2v) is 3.07. The van der Waals surface area contributed by atoms with Crippen LogP contribution in [-0.2, 0) is 0 Å². The van der Waals surface area contributed by atoms with Gasteiger partial charge in [0.15, 0.2) is 0 Å². The lowest BCUT2D eigenvalue weighted by atomic mass is 10.2. The zero-order valence-electron chi connectivity index (χ0n) is 9.41. The maximum absolute atomic E-state index is 5.53. The van der Waals surface area contributed by atoms with Gasteiger partial charge in [-0.05, 0) is 6.07 Å². The summed E-state index contributed by atoms with van der Waals surface area (Å²) in [5.41, 5.74) is 6.63. The average Bonchev–Trinajstić information content (AvgIpc) is 2.37. The summed E-state index contributed by atoms with van der Waals surface area (Å²) in [6.07, 6.45) is 2.90. The van der Waals surface area contributed by atoms with Crippen LogP contribution in [0.15, 0.2) is 18.6 Å². The van der Waals surface area contributed by atoms with E-state index in [-0.39, 0.29) is 5.95 Å². The molecule has 2 rings (SSSR count). The van der Waals surface area contributed by atoms with Crippen LogP contribution in [0.4, 0.5) is 5.95 Å². The lowest BCUT2D eigenvalue weighted by molar-refractivity contribution is 0.374. The third-order valence-corrected chi connectivity index (χ3v) is 2.09. The van der Waals surface area contributed by atoms with Crippen LogP contribution in [0.1, 0.15) is 0 Å². The monoisotopic (exact) mass is 233 g/mol. The van der Waals surface area contributed by atoms with Gasteiger partial charge in [-0.15, -0.1) is 0 Å². The Morgan fingerprint density at radius 1 is 1.06 bits per heavy atom. The molecule has 2 N–H and O–H groups in total. The van der Waals surface area contributed by atoms with Gasteiger partial charge in [-0.2, -0.15) is 0 Å². The standard InChI is InChI=1S/C10H11N5O2/c1-16-8-7(9(17-2)14-5-13-8)6-3-4-12-10(11)15-6/h3-5H,1-2H3,(H2,11,12,15). The number of rotatable bonds is 3. The first-order valence-corrected chi connectivity index (χ1v) is 4.78. The van der Waals surface area contributed by atoms with Gasteiger partial charge in [-0.1, -0.05) is 0 Å². The quantitative estimate of drug-likeness (QED) is 0.826. The SMILES string of the molecule is COc1ncnc(OC)c1-c1ccnc(N)n1. The van der Waals surface area contributed by atoms with Crippen molar-refractivity contribution in [3.8, 4) is 23.0 Å². The van der Waals surface area contributed by atoms with Crippen LogP contribution < -0.4 is 15.2 Å². The Hall–Kier alpha value is -2.44. The van der Waals surface area contributed by atoms with Gasteiger partial charge < -0.3 is 15.2 Å². The molecule has 0 amide bonds. The molecule has 17 heavy (non-hydrogen) atoms. The van der Waals surface area contributed by atoms with Gasteiger partial charge in [0.05, 0.1) is 19.9 Å². The summed E-state index contributed by atoms with van der Waals surface area (Å²) in [4.78, 5) is 15.9. The van der Waals surface area contributed by atoms with E-state index < -0.39 is 0 Å². The minimum Gasteiger partial charge on any atom is -0.480 e. The molecule has 0 fully saturated rings. The fraction of sp³-hybridized carbons (Fsp3) is 0.200. The smallest absolute Gasteiger partial charge is 0.229 e. The normalized spacial score (nSPS) is 10.0. The Bertz CT molecular complexity index is 510. The average molecular weight is 233 g/mol. The van der Waals surface area contributed by atoms with Crippen molar-refractivity contribution in [1.82, 2.24) is 19.9 Å². The summed E-state index contributed by atoms with van der Waals surface area (Å²) in [6.45, 7) is 0. The van der Waals surface area contributed by atoms with E-state index in [1.165, 1.54) is 20.5 Å². The molecule has 0 bridgehead atoms. The number of hydrogen-bond acceptors (Lipinski definition) is 7. The number of nitrogen functional groups attached to an aromatic ring is 1. The molecule has 2 heterocycles. The summed E-state index contributed by atoms with van der Waals surface area (Å²) < 4.78 is 10.3. The highest BCUT2D eigenvalue weighted by molar-refractivity contribution is 5.70. The van der Waals surface area contributed by atoms with Gasteiger partial charge in [0.2, 0.25) is 17.7 Å². The maximum atomic E-state index is 5.53. The first-order chi connectivity index (χ1) is 8.26. The van der Waals surface area contributed by atoms with E-state index in [1.807, 2.05) is 0 Å². The first kappa shape index (κ1) is 11.1. The molecule has 0 saturated carbocycles. The fourth-order valence-corrected chi connectivity index (χ4v) is 1.40. The van der Waals surface area contributed by atoms with Gasteiger partial charge in [0.1, 0.15) is 11.9 Å². The Morgan fingerprint density at radius 2 is 1.71 bits per heavy atom. The molecule has 88 valence electrons. The molecule has 0 aliphatic rings. The van der Waals surface area contributed by atoms with Gasteiger partial charge >= 0.3 is 0 Å². The third kappa shape index (κ3) is 2.07. The lowest BCUT2D eigenvalue weighted by Crippen LogP contribution is -2.01. The molecule has 0 aliphatic heterocycles. The Kier molecular flexibility index (Phi) is 2.99. The summed E-state index contributed by atoms with van der Waals surface area (Å²) in [5.74, 6) is 0.903. The molecular weight excluding hydrogens is 222 g/mol. The molecule has 0 atom stereocenters. The number of nitrogens with two attached hydrogens (primary N) is 1. The first-order valence-electron chi connectivity index (χ1n) is 4.78. The highest BCUT2D eigenvalue weighted by Crippen LogP contribution is 2.33. The van der Waals surface area contributed by atoms with Crippen LogP contribution in [0.5, 0.6) is 11.8 Å². The minimum absolute atomic E-state index is 0.162. The van der Waals surface area contributed by atoms with E-state index >= 15 is 0 Å². The van der Waals surface area contributed by atoms with Crippen molar-refractivity contribution < 1.29 is 9.47 Å². The molecule has 0 aromatic carbocycles. The molecule has 0 radical (unpaired) electrons. The topological polar surface area (TPSA) is 96.0 Å². The second kappa shape index (κ2) is 4.60. The maximum Gasteiger partial charge on any atom is 0.229 e.